The summed E-state index contributed by atoms with van der Waals surface area (Å²) in [7, 11) is 4.14. The second-order valence-corrected chi connectivity index (χ2v) is 22.0. The molecule has 0 amide bonds. The molecule has 9 atom stereocenters. The lowest BCUT2D eigenvalue weighted by atomic mass is 9.33. The van der Waals surface area contributed by atoms with Crippen LogP contribution in [0.15, 0.2) is 29.5 Å². The Balaban J connectivity index is 1.29. The van der Waals surface area contributed by atoms with Crippen molar-refractivity contribution in [3.63, 3.8) is 0 Å². The van der Waals surface area contributed by atoms with Crippen molar-refractivity contribution in [2.24, 2.45) is 56.2 Å². The third kappa shape index (κ3) is 7.56. The number of carboxylic acid groups (broad SMARTS) is 1. The quantitative estimate of drug-likeness (QED) is 0.188. The number of Topliss-reactive ketones (excluding diaryl/α,β-unsaturated/α-hetero) is 1. The van der Waals surface area contributed by atoms with Gasteiger partial charge in [-0.3, -0.25) is 24.3 Å². The Kier molecular flexibility index (Phi) is 12.1. The minimum absolute atomic E-state index is 0.0299. The largest absolute Gasteiger partial charge is 0.481 e. The van der Waals surface area contributed by atoms with Gasteiger partial charge in [0, 0.05) is 49.6 Å². The number of carbonyl (C=O) groups excluding carboxylic acids is 2. The first kappa shape index (κ1) is 44.2. The zero-order valence-corrected chi connectivity index (χ0v) is 37.6. The van der Waals surface area contributed by atoms with Gasteiger partial charge in [0.15, 0.2) is 5.78 Å². The van der Waals surface area contributed by atoms with E-state index in [1.165, 1.54) is 5.57 Å². The fourth-order valence-corrected chi connectivity index (χ4v) is 13.7. The van der Waals surface area contributed by atoms with Crippen molar-refractivity contribution in [1.29, 1.82) is 0 Å². The Morgan fingerprint density at radius 3 is 2.28 bits per heavy atom. The third-order valence-corrected chi connectivity index (χ3v) is 17.2. The van der Waals surface area contributed by atoms with Gasteiger partial charge in [0.2, 0.25) is 0 Å². The summed E-state index contributed by atoms with van der Waals surface area (Å²) in [6.45, 7) is 22.3. The Hall–Kier alpha value is -2.33. The number of allylic oxidation sites excluding steroid dienone is 1. The van der Waals surface area contributed by atoms with Crippen molar-refractivity contribution in [2.75, 3.05) is 33.7 Å². The smallest absolute Gasteiger partial charge is 0.309 e. The normalized spacial score (nSPS) is 35.5. The number of carboxylic acids is 1. The molecule has 57 heavy (non-hydrogen) atoms. The van der Waals surface area contributed by atoms with Crippen LogP contribution in [0.5, 0.6) is 0 Å². The Morgan fingerprint density at radius 2 is 1.67 bits per heavy atom. The minimum Gasteiger partial charge on any atom is -0.481 e. The molecule has 5 aliphatic rings. The molecule has 0 saturated heterocycles. The first-order valence-electron chi connectivity index (χ1n) is 21.8. The monoisotopic (exact) mass is 810 g/mol. The van der Waals surface area contributed by atoms with E-state index in [1.54, 1.807) is 20.0 Å². The second kappa shape index (κ2) is 15.6. The van der Waals surface area contributed by atoms with Gasteiger partial charge in [-0.05, 0) is 137 Å². The Bertz CT molecular complexity index is 1740. The maximum atomic E-state index is 14.3. The van der Waals surface area contributed by atoms with Crippen LogP contribution in [0.3, 0.4) is 0 Å². The van der Waals surface area contributed by atoms with Crippen LogP contribution >= 0.6 is 11.6 Å². The van der Waals surface area contributed by atoms with E-state index in [1.807, 2.05) is 12.1 Å². The Labute approximate surface area is 347 Å². The van der Waals surface area contributed by atoms with Crippen LogP contribution in [0.1, 0.15) is 132 Å². The minimum atomic E-state index is -1.17. The predicted molar refractivity (Wildman–Crippen MR) is 224 cm³/mol. The fraction of sp³-hybridized carbons (Fsp3) is 0.787. The molecule has 0 aromatic carbocycles. The first-order valence-corrected chi connectivity index (χ1v) is 22.2. The van der Waals surface area contributed by atoms with Gasteiger partial charge in [-0.1, -0.05) is 65.6 Å². The number of halogens is 1. The van der Waals surface area contributed by atoms with Crippen molar-refractivity contribution >= 4 is 29.3 Å². The van der Waals surface area contributed by atoms with Crippen molar-refractivity contribution in [3.8, 4) is 0 Å². The highest BCUT2D eigenvalue weighted by Crippen LogP contribution is 2.77. The van der Waals surface area contributed by atoms with Crippen molar-refractivity contribution in [2.45, 2.75) is 145 Å². The van der Waals surface area contributed by atoms with Crippen molar-refractivity contribution in [3.05, 3.63) is 40.2 Å². The molecule has 4 fully saturated rings. The molecule has 1 aromatic heterocycles. The van der Waals surface area contributed by atoms with Gasteiger partial charge in [0.25, 0.3) is 0 Å². The number of aliphatic carboxylic acids is 1. The van der Waals surface area contributed by atoms with Crippen LogP contribution < -0.4 is 0 Å². The van der Waals surface area contributed by atoms with Crippen LogP contribution in [0.4, 0.5) is 0 Å². The SMILES string of the molecule is CC(C)C1=C2[C@H]3CC[C@@H]4[C@@]5(C)CC[C@H](OC(=O)CC(C)(C)C(=O)O)C(C)(C)[C@@H]5CC[C@@]4(C)[C@]3(C)CC[C@@]2(C(O)CN(CCN(C)C)Cc2ccc(Cl)cn2)CC1=O. The lowest BCUT2D eigenvalue weighted by Gasteiger charge is -2.72. The molecule has 10 heteroatoms. The Morgan fingerprint density at radius 1 is 0.965 bits per heavy atom. The number of ether oxygens (including phenoxy) is 1. The van der Waals surface area contributed by atoms with E-state index in [-0.39, 0.29) is 51.8 Å². The molecule has 1 heterocycles. The summed E-state index contributed by atoms with van der Waals surface area (Å²) < 4.78 is 6.19. The number of aliphatic hydroxyl groups excluding tert-OH is 1. The zero-order chi connectivity index (χ0) is 42.1. The van der Waals surface area contributed by atoms with E-state index in [0.717, 1.165) is 75.7 Å². The molecule has 0 aliphatic heterocycles. The molecule has 0 radical (unpaired) electrons. The molecule has 2 N–H and O–H groups in total. The van der Waals surface area contributed by atoms with E-state index in [9.17, 15) is 24.6 Å². The summed E-state index contributed by atoms with van der Waals surface area (Å²) in [6.07, 6.45) is 8.70. The molecule has 6 rings (SSSR count). The standard InChI is InChI=1S/C47H72ClN3O6/c1-29(2)39-33(52)24-47(36(53)28-51(23-22-50(10)11)27-31-13-12-30(48)26-49-31)21-20-45(8)32(40(39)47)14-15-35-44(7)18-17-37(57-38(54)25-42(3,4)41(55)56)43(5,6)34(44)16-19-46(35,45)9/h12-13,26,29,32,34-37,53H,14-25,27-28H2,1-11H3,(H,55,56)/t32-,34+,35-,36?,37+,44+,45-,46-,47+/m1/s1. The summed E-state index contributed by atoms with van der Waals surface area (Å²) >= 11 is 6.18. The van der Waals surface area contributed by atoms with Crippen LogP contribution in [0.2, 0.25) is 5.02 Å². The van der Waals surface area contributed by atoms with E-state index < -0.39 is 28.9 Å². The number of rotatable bonds is 13. The summed E-state index contributed by atoms with van der Waals surface area (Å²) in [5.41, 5.74) is 1.21. The van der Waals surface area contributed by atoms with Gasteiger partial charge in [-0.15, -0.1) is 0 Å². The maximum Gasteiger partial charge on any atom is 0.309 e. The molecule has 0 bridgehead atoms. The number of hydrogen-bond donors (Lipinski definition) is 2. The van der Waals surface area contributed by atoms with E-state index in [2.05, 4.69) is 77.3 Å². The van der Waals surface area contributed by atoms with Gasteiger partial charge < -0.3 is 19.8 Å². The van der Waals surface area contributed by atoms with E-state index >= 15 is 0 Å². The number of esters is 1. The zero-order valence-electron chi connectivity index (χ0n) is 36.8. The third-order valence-electron chi connectivity index (χ3n) is 17.0. The molecule has 318 valence electrons. The molecule has 4 saturated carbocycles. The molecule has 9 nitrogen and oxygen atoms in total. The summed E-state index contributed by atoms with van der Waals surface area (Å²) in [5.74, 6) is -0.0495. The number of likely N-dealkylation sites (N-methyl/N-ethyl adjacent to an activating group) is 1. The number of ketones is 1. The van der Waals surface area contributed by atoms with E-state index in [0.29, 0.717) is 36.4 Å². The fourth-order valence-electron chi connectivity index (χ4n) is 13.6. The lowest BCUT2D eigenvalue weighted by molar-refractivity contribution is -0.235. The lowest BCUT2D eigenvalue weighted by Crippen LogP contribution is -2.66. The number of carbonyl (C=O) groups is 3. The van der Waals surface area contributed by atoms with Crippen molar-refractivity contribution in [1.82, 2.24) is 14.8 Å². The number of nitrogens with zero attached hydrogens (tertiary/aromatic N) is 3. The van der Waals surface area contributed by atoms with Gasteiger partial charge in [-0.25, -0.2) is 0 Å². The summed E-state index contributed by atoms with van der Waals surface area (Å²) in [4.78, 5) is 48.3. The predicted octanol–water partition coefficient (Wildman–Crippen LogP) is 8.85. The van der Waals surface area contributed by atoms with Crippen molar-refractivity contribution < 1.29 is 29.3 Å². The highest BCUT2D eigenvalue weighted by atomic mass is 35.5. The van der Waals surface area contributed by atoms with Crippen LogP contribution in [0.25, 0.3) is 0 Å². The molecule has 5 aliphatic carbocycles. The topological polar surface area (TPSA) is 120 Å². The molecular weight excluding hydrogens is 738 g/mol. The van der Waals surface area contributed by atoms with Gasteiger partial charge in [0.1, 0.15) is 6.10 Å². The summed E-state index contributed by atoms with van der Waals surface area (Å²) in [6, 6.07) is 3.83. The highest BCUT2D eigenvalue weighted by molar-refractivity contribution is 6.30. The van der Waals surface area contributed by atoms with Gasteiger partial charge in [0.05, 0.1) is 28.7 Å². The number of pyridine rings is 1. The van der Waals surface area contributed by atoms with Gasteiger partial charge >= 0.3 is 11.9 Å². The average molecular weight is 811 g/mol. The molecular formula is C47H72ClN3O6. The number of aromatic nitrogens is 1. The summed E-state index contributed by atoms with van der Waals surface area (Å²) in [5, 5.41) is 22.9. The first-order chi connectivity index (χ1) is 26.4. The van der Waals surface area contributed by atoms with Crippen LogP contribution in [-0.4, -0.2) is 88.7 Å². The van der Waals surface area contributed by atoms with E-state index in [4.69, 9.17) is 16.3 Å². The highest BCUT2D eigenvalue weighted by Gasteiger charge is 2.71. The van der Waals surface area contributed by atoms with Crippen LogP contribution in [0, 0.1) is 56.2 Å². The van der Waals surface area contributed by atoms with Crippen LogP contribution in [-0.2, 0) is 25.7 Å². The second-order valence-electron chi connectivity index (χ2n) is 21.6. The average Bonchev–Trinajstić information content (AvgIpc) is 3.42. The maximum absolute atomic E-state index is 14.3. The van der Waals surface area contributed by atoms with Gasteiger partial charge in [-0.2, -0.15) is 0 Å². The number of aliphatic hydroxyl groups is 1. The molecule has 1 unspecified atom stereocenters. The molecule has 0 spiro atoms. The molecule has 1 aromatic rings. The number of hydrogen-bond acceptors (Lipinski definition) is 8. The number of fused-ring (bicyclic) bond motifs is 7.